The molecule has 3 saturated heterocycles. The number of esters is 2. The minimum Gasteiger partial charge on any atom is -0.870 e. The number of ether oxygens (including phenoxy) is 12. The number of benzene rings is 1. The summed E-state index contributed by atoms with van der Waals surface area (Å²) in [5.74, 6) is 0.396. The molecule has 6 atom stereocenters. The predicted octanol–water partition coefficient (Wildman–Crippen LogP) is 10.5. The van der Waals surface area contributed by atoms with Gasteiger partial charge in [0.25, 0.3) is 5.69 Å². The summed E-state index contributed by atoms with van der Waals surface area (Å²) in [5.41, 5.74) is 8.46. The zero-order valence-electron chi connectivity index (χ0n) is 73.4. The number of non-ortho nitro benzene ring substituents is 1. The number of nitro benzene ring substituents is 1. The number of pyridine rings is 3. The van der Waals surface area contributed by atoms with Crippen molar-refractivity contribution in [3.63, 3.8) is 0 Å². The van der Waals surface area contributed by atoms with Gasteiger partial charge in [0.05, 0.1) is 123 Å². The van der Waals surface area contributed by atoms with Crippen molar-refractivity contribution in [3.8, 4) is 56.8 Å². The number of hydrogen-bond donors (Lipinski definition) is 2. The van der Waals surface area contributed by atoms with Gasteiger partial charge in [-0.1, -0.05) is 0 Å². The molecule has 35 nitrogen and oxygen atoms in total. The summed E-state index contributed by atoms with van der Waals surface area (Å²) >= 11 is 0. The number of carboxylic acid groups (broad SMARTS) is 1. The quantitative estimate of drug-likeness (QED) is 0.0134. The summed E-state index contributed by atoms with van der Waals surface area (Å²) < 4.78 is 72.0. The summed E-state index contributed by atoms with van der Waals surface area (Å²) in [6.45, 7) is 17.6. The van der Waals surface area contributed by atoms with Gasteiger partial charge < -0.3 is 82.5 Å². The van der Waals surface area contributed by atoms with Crippen molar-refractivity contribution in [1.29, 1.82) is 0 Å². The van der Waals surface area contributed by atoms with E-state index in [0.29, 0.717) is 109 Å². The van der Waals surface area contributed by atoms with Gasteiger partial charge in [-0.25, -0.2) is 29.3 Å². The van der Waals surface area contributed by atoms with Gasteiger partial charge in [0.2, 0.25) is 0 Å². The maximum Gasteiger partial charge on any atom is 1.00 e. The monoisotopic (exact) mass is 1710 g/mol. The van der Waals surface area contributed by atoms with E-state index < -0.39 is 17.0 Å². The molecule has 666 valence electrons. The molecular weight excluding hydrogens is 1590 g/mol. The van der Waals surface area contributed by atoms with E-state index >= 15 is 0 Å². The third-order valence-corrected chi connectivity index (χ3v) is 22.5. The van der Waals surface area contributed by atoms with Gasteiger partial charge in [-0.3, -0.25) is 38.5 Å². The fourth-order valence-electron chi connectivity index (χ4n) is 15.4. The molecule has 3 aliphatic carbocycles. The van der Waals surface area contributed by atoms with Crippen molar-refractivity contribution >= 4 is 41.9 Å². The Balaban J connectivity index is 0.000000217. The molecule has 0 radical (unpaired) electrons. The molecule has 6 aromatic heterocycles. The third-order valence-electron chi connectivity index (χ3n) is 22.5. The van der Waals surface area contributed by atoms with Gasteiger partial charge in [0, 0.05) is 122 Å². The Bertz CT molecular complexity index is 4580. The average molecular weight is 1710 g/mol. The van der Waals surface area contributed by atoms with E-state index in [1.54, 1.807) is 70.6 Å². The fourth-order valence-corrected chi connectivity index (χ4v) is 15.4. The number of aryl methyl sites for hydroxylation is 6. The molecular formula is C87H120LiN13O22. The van der Waals surface area contributed by atoms with Crippen LogP contribution < -0.4 is 43.1 Å². The Morgan fingerprint density at radius 3 is 1.18 bits per heavy atom. The van der Waals surface area contributed by atoms with Gasteiger partial charge in [0.15, 0.2) is 0 Å². The standard InChI is InChI=1S/C28H32N4O8.C28H40N4O6.C25H34N4O6.C6H13NO.Li.H2O/c1-17(2)38-27(33)19-6-5-7-22(14-19)39-26-13-12-24(30-18(26)3)23-15-29-31(4)25(23)16-37-28(34)40-21-10-8-20(9-11-21)32(35)36;1-18(2)37-27(33)20-7-6-8-22(15-20)38-26-10-9-24(30-19(26)3)23-16-29-32(5)25(23)17-36-28(34)31(4)21-11-13-35-14-12-21;1-16-23(35-19-6-4-5-17(13-19)24(30)31)8-7-21(27-16)20-14-26-29(3)22(20)15-34-25(32)28(2)18-9-11-33-12-10-18;1-7-6-2-4-8-5-3-6;;/h8-13,15,17,19,22H,5-7,14,16H2,1-4H3;9-10,16,18,20-22H,6-8,11-15,17H2,1-5H3;7-8,14,17-19H,4-6,9-13,15H2,1-3H3,(H,30,31);6-7H,2-5H2,1H3;;1H2/q;;;;+1;/p-1/t19-,22-;20-,22-;17-,19-;;;/m000.../s1. The van der Waals surface area contributed by atoms with Crippen LogP contribution in [0.25, 0.3) is 33.8 Å². The summed E-state index contributed by atoms with van der Waals surface area (Å²) in [4.78, 5) is 101. The number of carbonyl (C=O) groups is 6. The van der Waals surface area contributed by atoms with Crippen molar-refractivity contribution in [2.75, 3.05) is 60.8 Å². The molecule has 123 heavy (non-hydrogen) atoms. The van der Waals surface area contributed by atoms with Crippen molar-refractivity contribution in [2.24, 2.45) is 38.9 Å². The number of aromatic nitrogens is 9. The van der Waals surface area contributed by atoms with Crippen molar-refractivity contribution in [2.45, 2.75) is 233 Å². The van der Waals surface area contributed by atoms with E-state index in [-0.39, 0.29) is 140 Å². The SMILES string of the molecule is CNC1CCOCC1.Cc1nc(-c2cnn(C)c2COC(=O)N(C)C2CCOCC2)ccc1O[C@H]1CCC[C@H](C(=O)O)C1.Cc1nc(-c2cnn(C)c2COC(=O)N(C)C2CCOCC2)ccc1O[C@H]1CCC[C@H](C(=O)OC(C)C)C1.Cc1nc(-c2cnn(C)c2COC(=O)Oc2ccc([N+](=O)[O-])cc2)ccc1O[C@H]1CCC[C@H](C(=O)OC(C)C)C1.[Li+].[OH-]. The van der Waals surface area contributed by atoms with Gasteiger partial charge in [-0.15, -0.1) is 0 Å². The molecule has 7 aromatic rings. The van der Waals surface area contributed by atoms with E-state index in [9.17, 15) is 44.0 Å². The predicted molar refractivity (Wildman–Crippen MR) is 445 cm³/mol. The van der Waals surface area contributed by atoms with E-state index in [0.717, 1.165) is 124 Å². The summed E-state index contributed by atoms with van der Waals surface area (Å²) in [6, 6.07) is 17.2. The molecule has 1 aromatic carbocycles. The zero-order chi connectivity index (χ0) is 86.8. The van der Waals surface area contributed by atoms with Gasteiger partial charge >= 0.3 is 55.1 Å². The molecule has 36 heteroatoms. The number of carbonyl (C=O) groups excluding carboxylic acids is 5. The first-order valence-corrected chi connectivity index (χ1v) is 42.0. The first-order chi connectivity index (χ1) is 58.1. The Kier molecular flexibility index (Phi) is 38.4. The minimum atomic E-state index is -0.961. The number of carboxylic acids is 1. The summed E-state index contributed by atoms with van der Waals surface area (Å²) in [5, 5.41) is 36.3. The van der Waals surface area contributed by atoms with Crippen molar-refractivity contribution in [1.82, 2.24) is 59.4 Å². The normalized spacial score (nSPS) is 19.2. The molecule has 13 rings (SSSR count). The van der Waals surface area contributed by atoms with Crippen LogP contribution in [-0.4, -0.2) is 215 Å². The summed E-state index contributed by atoms with van der Waals surface area (Å²) in [7, 11) is 10.9. The third kappa shape index (κ3) is 28.6. The van der Waals surface area contributed by atoms with Crippen molar-refractivity contribution < 1.29 is 120 Å². The number of aliphatic carboxylic acids is 1. The Morgan fingerprint density at radius 1 is 0.512 bits per heavy atom. The molecule has 2 amide bonds. The van der Waals surface area contributed by atoms with Crippen LogP contribution in [0.4, 0.5) is 20.1 Å². The largest absolute Gasteiger partial charge is 1.00 e. The second kappa shape index (κ2) is 48.1. The number of hydrogen-bond acceptors (Lipinski definition) is 28. The number of nitrogens with one attached hydrogen (secondary N) is 1. The molecule has 0 bridgehead atoms. The van der Waals surface area contributed by atoms with E-state index in [1.165, 1.54) is 37.1 Å². The molecule has 9 heterocycles. The minimum absolute atomic E-state index is 0. The Morgan fingerprint density at radius 2 is 0.854 bits per heavy atom. The first-order valence-electron chi connectivity index (χ1n) is 42.0. The Hall–Kier alpha value is -10.3. The summed E-state index contributed by atoms with van der Waals surface area (Å²) in [6.07, 6.45) is 17.8. The molecule has 0 unspecified atom stereocenters. The topological polar surface area (TPSA) is 417 Å². The van der Waals surface area contributed by atoms with Crippen LogP contribution in [0.15, 0.2) is 79.3 Å². The van der Waals surface area contributed by atoms with Crippen LogP contribution in [0.1, 0.15) is 177 Å². The number of nitro groups is 1. The first kappa shape index (κ1) is 98.2. The number of rotatable bonds is 25. The van der Waals surface area contributed by atoms with E-state index in [1.807, 2.05) is 99.0 Å². The van der Waals surface area contributed by atoms with E-state index in [2.05, 4.69) is 20.6 Å². The fraction of sp³-hybridized carbons (Fsp3) is 0.586. The Labute approximate surface area is 730 Å². The van der Waals surface area contributed by atoms with Crippen LogP contribution in [-0.2, 0) is 93.2 Å². The van der Waals surface area contributed by atoms with E-state index in [4.69, 9.17) is 71.8 Å². The maximum absolute atomic E-state index is 12.7. The van der Waals surface area contributed by atoms with Crippen LogP contribution >= 0.6 is 0 Å². The molecule has 6 aliphatic rings. The molecule has 3 N–H and O–H groups in total. The molecule has 3 aliphatic heterocycles. The van der Waals surface area contributed by atoms with Crippen LogP contribution in [0, 0.1) is 48.6 Å². The van der Waals surface area contributed by atoms with Crippen LogP contribution in [0.2, 0.25) is 0 Å². The number of amides is 2. The molecule has 0 spiro atoms. The number of nitrogens with zero attached hydrogens (tertiary/aromatic N) is 12. The van der Waals surface area contributed by atoms with Gasteiger partial charge in [-0.05, 0) is 220 Å². The van der Waals surface area contributed by atoms with Crippen LogP contribution in [0.3, 0.4) is 0 Å². The molecule has 3 saturated carbocycles. The maximum atomic E-state index is 12.7. The van der Waals surface area contributed by atoms with Crippen molar-refractivity contribution in [3.05, 3.63) is 124 Å². The second-order valence-corrected chi connectivity index (χ2v) is 31.9. The van der Waals surface area contributed by atoms with Gasteiger partial charge in [0.1, 0.15) is 42.8 Å². The van der Waals surface area contributed by atoms with Gasteiger partial charge in [-0.2, -0.15) is 15.3 Å². The average Bonchev–Trinajstić information content (AvgIpc) is 1.59. The zero-order valence-corrected chi connectivity index (χ0v) is 73.4. The molecule has 6 fully saturated rings. The van der Waals surface area contributed by atoms with Crippen LogP contribution in [0.5, 0.6) is 23.0 Å². The smallest absolute Gasteiger partial charge is 0.870 e. The second-order valence-electron chi connectivity index (χ2n) is 31.9.